The Kier molecular flexibility index (Phi) is 7.22. The number of halogens is 1. The van der Waals surface area contributed by atoms with Crippen molar-refractivity contribution in [3.63, 3.8) is 0 Å². The molecule has 0 atom stereocenters. The molecule has 0 unspecified atom stereocenters. The first-order valence-corrected chi connectivity index (χ1v) is 12.0. The Morgan fingerprint density at radius 2 is 1.84 bits per heavy atom. The van der Waals surface area contributed by atoms with Crippen molar-refractivity contribution in [1.82, 2.24) is 10.3 Å². The van der Waals surface area contributed by atoms with Gasteiger partial charge in [0.25, 0.3) is 0 Å². The lowest BCUT2D eigenvalue weighted by molar-refractivity contribution is -0.124. The van der Waals surface area contributed by atoms with Crippen LogP contribution in [0.4, 0.5) is 5.13 Å². The number of nitrogens with one attached hydrogen (secondary N) is 2. The second kappa shape index (κ2) is 10.3. The van der Waals surface area contributed by atoms with Crippen molar-refractivity contribution in [2.24, 2.45) is 0 Å². The molecular weight excluding hydrogens is 450 g/mol. The van der Waals surface area contributed by atoms with Gasteiger partial charge in [-0.1, -0.05) is 37.3 Å². The quantitative estimate of drug-likeness (QED) is 0.382. The maximum atomic E-state index is 12.3. The fraction of sp³-hybridized carbons (Fsp3) is 0.391. The highest BCUT2D eigenvalue weighted by Gasteiger charge is 2.17. The van der Waals surface area contributed by atoms with E-state index in [4.69, 9.17) is 16.0 Å². The summed E-state index contributed by atoms with van der Waals surface area (Å²) in [4.78, 5) is 41.1. The summed E-state index contributed by atoms with van der Waals surface area (Å²) in [7, 11) is 0. The zero-order chi connectivity index (χ0) is 22.5. The highest BCUT2D eigenvalue weighted by Crippen LogP contribution is 2.26. The first-order valence-electron chi connectivity index (χ1n) is 10.8. The summed E-state index contributed by atoms with van der Waals surface area (Å²) in [5.74, 6) is -0.390. The summed E-state index contributed by atoms with van der Waals surface area (Å²) in [5, 5.41) is 9.00. The summed E-state index contributed by atoms with van der Waals surface area (Å²) in [5.41, 5.74) is 0.624. The SMILES string of the molecule is O=C(CCC(=O)NC1CCCCCC1)Nc1nc(-c2cc3cc(Cl)ccc3oc2=O)cs1. The smallest absolute Gasteiger partial charge is 0.345 e. The topological polar surface area (TPSA) is 101 Å². The van der Waals surface area contributed by atoms with Gasteiger partial charge in [0.05, 0.1) is 11.3 Å². The van der Waals surface area contributed by atoms with Gasteiger partial charge in [-0.15, -0.1) is 11.3 Å². The van der Waals surface area contributed by atoms with Gasteiger partial charge in [-0.3, -0.25) is 9.59 Å². The van der Waals surface area contributed by atoms with E-state index in [1.807, 2.05) is 0 Å². The van der Waals surface area contributed by atoms with E-state index < -0.39 is 5.63 Å². The molecule has 1 fully saturated rings. The summed E-state index contributed by atoms with van der Waals surface area (Å²) in [6.45, 7) is 0. The van der Waals surface area contributed by atoms with Crippen LogP contribution in [0, 0.1) is 0 Å². The van der Waals surface area contributed by atoms with Gasteiger partial charge >= 0.3 is 5.63 Å². The molecule has 2 amide bonds. The van der Waals surface area contributed by atoms with Crippen LogP contribution in [0.1, 0.15) is 51.4 Å². The van der Waals surface area contributed by atoms with Gasteiger partial charge in [-0.05, 0) is 37.1 Å². The molecule has 1 aliphatic rings. The van der Waals surface area contributed by atoms with Gasteiger partial charge in [0, 0.05) is 34.7 Å². The van der Waals surface area contributed by atoms with E-state index in [1.54, 1.807) is 29.6 Å². The number of benzene rings is 1. The molecule has 2 N–H and O–H groups in total. The van der Waals surface area contributed by atoms with E-state index in [2.05, 4.69) is 15.6 Å². The third-order valence-corrected chi connectivity index (χ3v) is 6.51. The number of hydrogen-bond donors (Lipinski definition) is 2. The zero-order valence-electron chi connectivity index (χ0n) is 17.5. The second-order valence-electron chi connectivity index (χ2n) is 7.97. The number of rotatable bonds is 6. The highest BCUT2D eigenvalue weighted by molar-refractivity contribution is 7.14. The molecule has 1 aliphatic carbocycles. The number of fused-ring (bicyclic) bond motifs is 1. The van der Waals surface area contributed by atoms with Gasteiger partial charge in [0.1, 0.15) is 5.58 Å². The number of hydrogen-bond acceptors (Lipinski definition) is 6. The molecule has 2 heterocycles. The van der Waals surface area contributed by atoms with Crippen LogP contribution in [0.15, 0.2) is 38.9 Å². The molecule has 0 saturated heterocycles. The van der Waals surface area contributed by atoms with Crippen LogP contribution >= 0.6 is 22.9 Å². The monoisotopic (exact) mass is 473 g/mol. The highest BCUT2D eigenvalue weighted by atomic mass is 35.5. The van der Waals surface area contributed by atoms with Gasteiger partial charge in [-0.2, -0.15) is 0 Å². The third-order valence-electron chi connectivity index (χ3n) is 5.52. The van der Waals surface area contributed by atoms with Crippen LogP contribution in [0.5, 0.6) is 0 Å². The molecule has 3 aromatic rings. The van der Waals surface area contributed by atoms with Crippen LogP contribution in [-0.2, 0) is 9.59 Å². The lowest BCUT2D eigenvalue weighted by atomic mass is 10.1. The van der Waals surface area contributed by atoms with E-state index in [-0.39, 0.29) is 30.7 Å². The molecule has 0 spiro atoms. The molecule has 32 heavy (non-hydrogen) atoms. The Balaban J connectivity index is 1.34. The molecule has 0 radical (unpaired) electrons. The number of aromatic nitrogens is 1. The second-order valence-corrected chi connectivity index (χ2v) is 9.27. The van der Waals surface area contributed by atoms with E-state index in [0.29, 0.717) is 32.4 Å². The molecule has 1 saturated carbocycles. The molecule has 4 rings (SSSR count). The molecule has 9 heteroatoms. The van der Waals surface area contributed by atoms with Gasteiger partial charge in [0.15, 0.2) is 5.13 Å². The minimum atomic E-state index is -0.516. The lowest BCUT2D eigenvalue weighted by Crippen LogP contribution is -2.34. The Morgan fingerprint density at radius 3 is 2.62 bits per heavy atom. The van der Waals surface area contributed by atoms with E-state index in [1.165, 1.54) is 24.2 Å². The van der Waals surface area contributed by atoms with Crippen molar-refractivity contribution in [3.8, 4) is 11.3 Å². The predicted octanol–water partition coefficient (Wildman–Crippen LogP) is 5.13. The van der Waals surface area contributed by atoms with E-state index >= 15 is 0 Å². The summed E-state index contributed by atoms with van der Waals surface area (Å²) < 4.78 is 5.35. The van der Waals surface area contributed by atoms with Crippen LogP contribution in [0.3, 0.4) is 0 Å². The van der Waals surface area contributed by atoms with Crippen molar-refractivity contribution >= 4 is 50.9 Å². The van der Waals surface area contributed by atoms with Crippen molar-refractivity contribution in [3.05, 3.63) is 45.1 Å². The molecule has 0 aliphatic heterocycles. The third kappa shape index (κ3) is 5.75. The van der Waals surface area contributed by atoms with Crippen molar-refractivity contribution < 1.29 is 14.0 Å². The molecule has 1 aromatic carbocycles. The van der Waals surface area contributed by atoms with Crippen LogP contribution < -0.4 is 16.3 Å². The summed E-state index contributed by atoms with van der Waals surface area (Å²) in [6.07, 6.45) is 6.95. The van der Waals surface area contributed by atoms with Crippen LogP contribution in [0.25, 0.3) is 22.2 Å². The van der Waals surface area contributed by atoms with Crippen molar-refractivity contribution in [1.29, 1.82) is 0 Å². The lowest BCUT2D eigenvalue weighted by Gasteiger charge is -2.15. The molecular formula is C23H24ClN3O4S. The standard InChI is InChI=1S/C23H24ClN3O4S/c24-15-7-8-19-14(11-15)12-17(22(30)31-19)18-13-32-23(26-18)27-21(29)10-9-20(28)25-16-5-3-1-2-4-6-16/h7-8,11-13,16H,1-6,9-10H2,(H,25,28)(H,26,27,29). The zero-order valence-corrected chi connectivity index (χ0v) is 19.1. The fourth-order valence-electron chi connectivity index (χ4n) is 3.86. The average molecular weight is 474 g/mol. The Morgan fingerprint density at radius 1 is 1.09 bits per heavy atom. The summed E-state index contributed by atoms with van der Waals surface area (Å²) in [6, 6.07) is 6.89. The van der Waals surface area contributed by atoms with Gasteiger partial charge in [-0.25, -0.2) is 9.78 Å². The fourth-order valence-corrected chi connectivity index (χ4v) is 4.77. The molecule has 7 nitrogen and oxygen atoms in total. The van der Waals surface area contributed by atoms with Crippen LogP contribution in [-0.4, -0.2) is 22.8 Å². The minimum absolute atomic E-state index is 0.0735. The Bertz CT molecular complexity index is 1180. The number of thiazole rings is 1. The molecule has 0 bridgehead atoms. The number of anilines is 1. The first-order chi connectivity index (χ1) is 15.5. The number of nitrogens with zero attached hydrogens (tertiary/aromatic N) is 1. The summed E-state index contributed by atoms with van der Waals surface area (Å²) >= 11 is 7.23. The Hall–Kier alpha value is -2.71. The first kappa shape index (κ1) is 22.5. The minimum Gasteiger partial charge on any atom is -0.422 e. The Labute approximate surface area is 194 Å². The predicted molar refractivity (Wildman–Crippen MR) is 126 cm³/mol. The molecule has 2 aromatic heterocycles. The number of carbonyl (C=O) groups excluding carboxylic acids is 2. The number of amides is 2. The van der Waals surface area contributed by atoms with E-state index in [9.17, 15) is 14.4 Å². The largest absolute Gasteiger partial charge is 0.422 e. The van der Waals surface area contributed by atoms with Crippen molar-refractivity contribution in [2.75, 3.05) is 5.32 Å². The average Bonchev–Trinajstić information content (AvgIpc) is 3.06. The maximum Gasteiger partial charge on any atom is 0.345 e. The van der Waals surface area contributed by atoms with E-state index in [0.717, 1.165) is 25.7 Å². The van der Waals surface area contributed by atoms with Crippen molar-refractivity contribution in [2.45, 2.75) is 57.4 Å². The van der Waals surface area contributed by atoms with Crippen LogP contribution in [0.2, 0.25) is 5.02 Å². The molecule has 168 valence electrons. The maximum absolute atomic E-state index is 12.3. The number of carbonyl (C=O) groups is 2. The van der Waals surface area contributed by atoms with Gasteiger partial charge in [0.2, 0.25) is 11.8 Å². The normalized spacial score (nSPS) is 14.8. The van der Waals surface area contributed by atoms with Gasteiger partial charge < -0.3 is 15.1 Å².